The van der Waals surface area contributed by atoms with E-state index in [4.69, 9.17) is 0 Å². The fourth-order valence-electron chi connectivity index (χ4n) is 9.76. The Bertz CT molecular complexity index is 3640. The van der Waals surface area contributed by atoms with Crippen molar-refractivity contribution in [2.24, 2.45) is 0 Å². The van der Waals surface area contributed by atoms with Crippen LogP contribution in [0.2, 0.25) is 0 Å². The first kappa shape index (κ1) is 37.3. The molecule has 0 atom stereocenters. The molecular formula is C62H42N2. The molecule has 300 valence electrons. The van der Waals surface area contributed by atoms with Crippen molar-refractivity contribution in [3.8, 4) is 50.2 Å². The van der Waals surface area contributed by atoms with Gasteiger partial charge in [-0.05, 0) is 121 Å². The van der Waals surface area contributed by atoms with Gasteiger partial charge >= 0.3 is 0 Å². The number of hydrogen-bond donors (Lipinski definition) is 0. The molecule has 2 heteroatoms. The number of para-hydroxylation sites is 2. The first-order chi connectivity index (χ1) is 31.7. The number of nitrogens with zero attached hydrogens (tertiary/aromatic N) is 2. The normalized spacial score (nSPS) is 11.4. The maximum absolute atomic E-state index is 2.41. The lowest BCUT2D eigenvalue weighted by atomic mass is 9.95. The Kier molecular flexibility index (Phi) is 9.20. The summed E-state index contributed by atoms with van der Waals surface area (Å²) in [4.78, 5) is 2.41. The van der Waals surface area contributed by atoms with Gasteiger partial charge < -0.3 is 9.47 Å². The Morgan fingerprint density at radius 3 is 1.61 bits per heavy atom. The minimum atomic E-state index is 1.10. The van der Waals surface area contributed by atoms with E-state index >= 15 is 0 Å². The van der Waals surface area contributed by atoms with E-state index in [0.29, 0.717) is 0 Å². The van der Waals surface area contributed by atoms with Gasteiger partial charge in [0.2, 0.25) is 0 Å². The van der Waals surface area contributed by atoms with E-state index in [2.05, 4.69) is 264 Å². The van der Waals surface area contributed by atoms with E-state index in [1.807, 2.05) is 0 Å². The smallest absolute Gasteiger partial charge is 0.0547 e. The van der Waals surface area contributed by atoms with E-state index in [9.17, 15) is 0 Å². The third-order valence-electron chi connectivity index (χ3n) is 12.8. The average Bonchev–Trinajstić information content (AvgIpc) is 3.72. The SMILES string of the molecule is c1ccc(-n2c3ccccc3c3c(-c4cccc(-c5cccc(N(c6ccc(-c7ccc(-c8cccc9ccccc89)cc7)cc6)c6cccc7ccccc67)c5)c4)cccc32)cc1. The summed E-state index contributed by atoms with van der Waals surface area (Å²) in [6.45, 7) is 0. The summed E-state index contributed by atoms with van der Waals surface area (Å²) in [6, 6.07) is 92.6. The Morgan fingerprint density at radius 1 is 0.281 bits per heavy atom. The highest BCUT2D eigenvalue weighted by Gasteiger charge is 2.19. The summed E-state index contributed by atoms with van der Waals surface area (Å²) >= 11 is 0. The Balaban J connectivity index is 0.929. The van der Waals surface area contributed by atoms with Gasteiger partial charge in [-0.15, -0.1) is 0 Å². The third-order valence-corrected chi connectivity index (χ3v) is 12.8. The summed E-state index contributed by atoms with van der Waals surface area (Å²) in [7, 11) is 0. The second-order valence-corrected chi connectivity index (χ2v) is 16.5. The highest BCUT2D eigenvalue weighted by molar-refractivity contribution is 6.16. The number of benzene rings is 11. The van der Waals surface area contributed by atoms with Gasteiger partial charge in [-0.2, -0.15) is 0 Å². The molecule has 0 saturated carbocycles. The minimum absolute atomic E-state index is 1.10. The molecular weight excluding hydrogens is 773 g/mol. The molecule has 12 rings (SSSR count). The predicted octanol–water partition coefficient (Wildman–Crippen LogP) is 17.2. The standard InChI is InChI=1S/C62H42N2/c1-2-22-51(23-3-1)64-60-30-9-8-27-58(60)62-57(29-14-32-61(62)64)50-21-10-19-48(41-50)49-20-11-24-53(42-49)63(59-31-13-18-46-16-5-7-26-56(46)59)52-39-37-44(38-40-52)43-33-35-47(36-34-43)55-28-12-17-45-15-4-6-25-54(45)55/h1-42H. The topological polar surface area (TPSA) is 8.17 Å². The van der Waals surface area contributed by atoms with Crippen molar-refractivity contribution >= 4 is 60.4 Å². The monoisotopic (exact) mass is 814 g/mol. The lowest BCUT2D eigenvalue weighted by Gasteiger charge is -2.27. The maximum atomic E-state index is 2.41. The van der Waals surface area contributed by atoms with Crippen molar-refractivity contribution in [2.45, 2.75) is 0 Å². The third kappa shape index (κ3) is 6.52. The van der Waals surface area contributed by atoms with E-state index in [1.54, 1.807) is 0 Å². The van der Waals surface area contributed by atoms with Gasteiger partial charge in [-0.1, -0.05) is 194 Å². The molecule has 0 radical (unpaired) electrons. The number of hydrogen-bond acceptors (Lipinski definition) is 1. The van der Waals surface area contributed by atoms with Crippen molar-refractivity contribution in [3.05, 3.63) is 255 Å². The van der Waals surface area contributed by atoms with Crippen molar-refractivity contribution in [1.82, 2.24) is 4.57 Å². The highest BCUT2D eigenvalue weighted by atomic mass is 15.1. The van der Waals surface area contributed by atoms with Crippen LogP contribution in [0.3, 0.4) is 0 Å². The summed E-state index contributed by atoms with van der Waals surface area (Å²) in [5.74, 6) is 0. The second kappa shape index (κ2) is 15.8. The van der Waals surface area contributed by atoms with Gasteiger partial charge in [0.1, 0.15) is 0 Å². The van der Waals surface area contributed by atoms with Gasteiger partial charge in [0.05, 0.1) is 16.7 Å². The zero-order valence-corrected chi connectivity index (χ0v) is 35.1. The fourth-order valence-corrected chi connectivity index (χ4v) is 9.76. The van der Waals surface area contributed by atoms with E-state index in [1.165, 1.54) is 82.3 Å². The summed E-state index contributed by atoms with van der Waals surface area (Å²) in [6.07, 6.45) is 0. The molecule has 0 amide bonds. The number of fused-ring (bicyclic) bond motifs is 5. The van der Waals surface area contributed by atoms with Crippen LogP contribution in [-0.2, 0) is 0 Å². The molecule has 0 aliphatic heterocycles. The zero-order valence-electron chi connectivity index (χ0n) is 35.1. The highest BCUT2D eigenvalue weighted by Crippen LogP contribution is 2.43. The predicted molar refractivity (Wildman–Crippen MR) is 272 cm³/mol. The van der Waals surface area contributed by atoms with Crippen molar-refractivity contribution in [2.75, 3.05) is 4.90 Å². The van der Waals surface area contributed by atoms with Crippen LogP contribution in [0.15, 0.2) is 255 Å². The largest absolute Gasteiger partial charge is 0.310 e. The Hall–Kier alpha value is -8.46. The molecule has 0 aliphatic rings. The molecule has 0 aliphatic carbocycles. The average molecular weight is 815 g/mol. The summed E-state index contributed by atoms with van der Waals surface area (Å²) < 4.78 is 2.39. The molecule has 2 nitrogen and oxygen atoms in total. The fraction of sp³-hybridized carbons (Fsp3) is 0. The lowest BCUT2D eigenvalue weighted by molar-refractivity contribution is 1.18. The van der Waals surface area contributed by atoms with Crippen LogP contribution in [0.25, 0.3) is 93.5 Å². The summed E-state index contributed by atoms with van der Waals surface area (Å²) in [5.41, 5.74) is 16.5. The Labute approximate surface area is 373 Å². The molecule has 12 aromatic rings. The van der Waals surface area contributed by atoms with Gasteiger partial charge in [0.25, 0.3) is 0 Å². The van der Waals surface area contributed by atoms with E-state index < -0.39 is 0 Å². The van der Waals surface area contributed by atoms with Crippen molar-refractivity contribution in [1.29, 1.82) is 0 Å². The van der Waals surface area contributed by atoms with Gasteiger partial charge in [0, 0.05) is 33.2 Å². The molecule has 0 spiro atoms. The lowest BCUT2D eigenvalue weighted by Crippen LogP contribution is -2.10. The Morgan fingerprint density at radius 2 is 0.812 bits per heavy atom. The van der Waals surface area contributed by atoms with Gasteiger partial charge in [-0.3, -0.25) is 0 Å². The van der Waals surface area contributed by atoms with Crippen LogP contribution in [0, 0.1) is 0 Å². The molecule has 64 heavy (non-hydrogen) atoms. The molecule has 0 saturated heterocycles. The molecule has 1 aromatic heterocycles. The molecule has 0 unspecified atom stereocenters. The molecule has 0 bridgehead atoms. The molecule has 0 fully saturated rings. The van der Waals surface area contributed by atoms with Gasteiger partial charge in [0.15, 0.2) is 0 Å². The van der Waals surface area contributed by atoms with Crippen LogP contribution in [0.4, 0.5) is 17.1 Å². The zero-order chi connectivity index (χ0) is 42.4. The molecule has 1 heterocycles. The van der Waals surface area contributed by atoms with E-state index in [-0.39, 0.29) is 0 Å². The number of anilines is 3. The van der Waals surface area contributed by atoms with Crippen LogP contribution >= 0.6 is 0 Å². The molecule has 0 N–H and O–H groups in total. The van der Waals surface area contributed by atoms with Crippen LogP contribution < -0.4 is 4.90 Å². The molecule has 11 aromatic carbocycles. The summed E-state index contributed by atoms with van der Waals surface area (Å²) in [5, 5.41) is 7.45. The number of rotatable bonds is 8. The van der Waals surface area contributed by atoms with Crippen molar-refractivity contribution in [3.63, 3.8) is 0 Å². The quantitative estimate of drug-likeness (QED) is 0.148. The second-order valence-electron chi connectivity index (χ2n) is 16.5. The van der Waals surface area contributed by atoms with Crippen LogP contribution in [0.1, 0.15) is 0 Å². The minimum Gasteiger partial charge on any atom is -0.310 e. The maximum Gasteiger partial charge on any atom is 0.0547 e. The first-order valence-electron chi connectivity index (χ1n) is 22.0. The number of aromatic nitrogens is 1. The van der Waals surface area contributed by atoms with Crippen molar-refractivity contribution < 1.29 is 0 Å². The van der Waals surface area contributed by atoms with Crippen LogP contribution in [-0.4, -0.2) is 4.57 Å². The first-order valence-corrected chi connectivity index (χ1v) is 22.0. The van der Waals surface area contributed by atoms with Gasteiger partial charge in [-0.25, -0.2) is 0 Å². The van der Waals surface area contributed by atoms with Crippen LogP contribution in [0.5, 0.6) is 0 Å². The van der Waals surface area contributed by atoms with E-state index in [0.717, 1.165) is 28.3 Å².